The quantitative estimate of drug-likeness (QED) is 0.872. The fraction of sp³-hybridized carbons (Fsp3) is 0.600. The molecular weight excluding hydrogens is 354 g/mol. The van der Waals surface area contributed by atoms with Gasteiger partial charge in [0.25, 0.3) is 0 Å². The average molecular weight is 376 g/mol. The number of benzene rings is 1. The Kier molecular flexibility index (Phi) is 5.00. The van der Waals surface area contributed by atoms with Crippen LogP contribution in [0.5, 0.6) is 5.75 Å². The smallest absolute Gasteiger partial charge is 0.244 e. The Labute approximate surface area is 135 Å². The molecule has 1 fully saturated rings. The van der Waals surface area contributed by atoms with E-state index in [0.29, 0.717) is 10.2 Å². The van der Waals surface area contributed by atoms with Crippen molar-refractivity contribution < 1.29 is 13.2 Å². The highest BCUT2D eigenvalue weighted by atomic mass is 79.9. The van der Waals surface area contributed by atoms with Crippen LogP contribution < -0.4 is 9.46 Å². The summed E-state index contributed by atoms with van der Waals surface area (Å²) >= 11 is 3.32. The van der Waals surface area contributed by atoms with Gasteiger partial charge in [0.2, 0.25) is 10.0 Å². The number of hydrogen-bond acceptors (Lipinski definition) is 3. The minimum atomic E-state index is -3.60. The van der Waals surface area contributed by atoms with Crippen molar-refractivity contribution in [1.82, 2.24) is 4.72 Å². The Balaban J connectivity index is 2.32. The van der Waals surface area contributed by atoms with Crippen molar-refractivity contribution in [3.05, 3.63) is 22.7 Å². The van der Waals surface area contributed by atoms with Crippen molar-refractivity contribution in [3.63, 3.8) is 0 Å². The van der Waals surface area contributed by atoms with Gasteiger partial charge in [-0.1, -0.05) is 42.6 Å². The molecule has 0 saturated heterocycles. The fourth-order valence-electron chi connectivity index (χ4n) is 2.82. The van der Waals surface area contributed by atoms with Crippen LogP contribution in [0.2, 0.25) is 0 Å². The topological polar surface area (TPSA) is 55.4 Å². The van der Waals surface area contributed by atoms with E-state index in [1.165, 1.54) is 7.11 Å². The van der Waals surface area contributed by atoms with Crippen molar-refractivity contribution in [1.29, 1.82) is 0 Å². The van der Waals surface area contributed by atoms with E-state index in [-0.39, 0.29) is 16.4 Å². The van der Waals surface area contributed by atoms with E-state index in [0.717, 1.165) is 25.7 Å². The maximum absolute atomic E-state index is 12.7. The number of rotatable bonds is 4. The lowest BCUT2D eigenvalue weighted by atomic mass is 9.74. The Bertz CT molecular complexity index is 613. The van der Waals surface area contributed by atoms with Crippen molar-refractivity contribution in [3.8, 4) is 5.75 Å². The van der Waals surface area contributed by atoms with Crippen LogP contribution in [0.25, 0.3) is 0 Å². The summed E-state index contributed by atoms with van der Waals surface area (Å²) in [4.78, 5) is 0.181. The molecule has 0 spiro atoms. The number of methoxy groups -OCH3 is 1. The van der Waals surface area contributed by atoms with Crippen molar-refractivity contribution in [2.45, 2.75) is 50.5 Å². The van der Waals surface area contributed by atoms with Crippen molar-refractivity contribution in [2.75, 3.05) is 7.11 Å². The summed E-state index contributed by atoms with van der Waals surface area (Å²) in [5.74, 6) is 0.360. The van der Waals surface area contributed by atoms with Crippen molar-refractivity contribution in [2.24, 2.45) is 5.41 Å². The molecule has 4 nitrogen and oxygen atoms in total. The Morgan fingerprint density at radius 1 is 1.33 bits per heavy atom. The molecule has 1 aromatic carbocycles. The number of halogens is 1. The summed E-state index contributed by atoms with van der Waals surface area (Å²) in [5.41, 5.74) is -0.0232. The minimum absolute atomic E-state index is 0.0232. The zero-order chi connectivity index (χ0) is 15.7. The van der Waals surface area contributed by atoms with E-state index in [4.69, 9.17) is 4.74 Å². The predicted molar refractivity (Wildman–Crippen MR) is 87.1 cm³/mol. The molecule has 1 unspecified atom stereocenters. The molecule has 1 N–H and O–H groups in total. The molecule has 1 aliphatic carbocycles. The van der Waals surface area contributed by atoms with Gasteiger partial charge >= 0.3 is 0 Å². The summed E-state index contributed by atoms with van der Waals surface area (Å²) in [5, 5.41) is 0. The van der Waals surface area contributed by atoms with Gasteiger partial charge in [0.15, 0.2) is 0 Å². The molecule has 1 aromatic rings. The lowest BCUT2D eigenvalue weighted by Crippen LogP contribution is -2.46. The maximum atomic E-state index is 12.7. The Morgan fingerprint density at radius 3 is 2.67 bits per heavy atom. The van der Waals surface area contributed by atoms with Crippen LogP contribution in [0.1, 0.15) is 39.5 Å². The molecule has 0 radical (unpaired) electrons. The first-order valence-corrected chi connectivity index (χ1v) is 9.40. The van der Waals surface area contributed by atoms with Gasteiger partial charge in [-0.25, -0.2) is 13.1 Å². The zero-order valence-electron chi connectivity index (χ0n) is 12.6. The molecular formula is C15H22BrNO3S. The molecule has 1 aliphatic rings. The predicted octanol–water partition coefficient (Wildman–Crippen LogP) is 3.70. The highest BCUT2D eigenvalue weighted by molar-refractivity contribution is 9.10. The van der Waals surface area contributed by atoms with Crippen LogP contribution in [-0.4, -0.2) is 21.6 Å². The molecule has 118 valence electrons. The van der Waals surface area contributed by atoms with Gasteiger partial charge < -0.3 is 4.74 Å². The van der Waals surface area contributed by atoms with Gasteiger partial charge in [0, 0.05) is 10.5 Å². The van der Waals surface area contributed by atoms with Crippen LogP contribution in [-0.2, 0) is 10.0 Å². The van der Waals surface area contributed by atoms with E-state index in [9.17, 15) is 8.42 Å². The number of ether oxygens (including phenoxy) is 1. The summed E-state index contributed by atoms with van der Waals surface area (Å²) in [6.45, 7) is 4.25. The van der Waals surface area contributed by atoms with Gasteiger partial charge in [-0.2, -0.15) is 0 Å². The Hall–Kier alpha value is -0.590. The van der Waals surface area contributed by atoms with Crippen molar-refractivity contribution >= 4 is 26.0 Å². The van der Waals surface area contributed by atoms with Crippen LogP contribution in [0.3, 0.4) is 0 Å². The third-order valence-corrected chi connectivity index (χ3v) is 6.21. The number of hydrogen-bond donors (Lipinski definition) is 1. The molecule has 0 aromatic heterocycles. The normalized spacial score (nSPS) is 22.0. The lowest BCUT2D eigenvalue weighted by Gasteiger charge is -2.38. The van der Waals surface area contributed by atoms with Gasteiger partial charge in [0.05, 0.1) is 7.11 Å². The molecule has 0 aliphatic heterocycles. The minimum Gasteiger partial charge on any atom is -0.495 e. The fourth-order valence-corrected chi connectivity index (χ4v) is 4.97. The van der Waals surface area contributed by atoms with Gasteiger partial charge in [-0.05, 0) is 36.5 Å². The average Bonchev–Trinajstić information content (AvgIpc) is 2.41. The van der Waals surface area contributed by atoms with Gasteiger partial charge in [0.1, 0.15) is 10.6 Å². The molecule has 21 heavy (non-hydrogen) atoms. The first kappa shape index (κ1) is 16.8. The highest BCUT2D eigenvalue weighted by Gasteiger charge is 2.36. The van der Waals surface area contributed by atoms with Crippen LogP contribution >= 0.6 is 15.9 Å². The third kappa shape index (κ3) is 3.79. The number of nitrogens with one attached hydrogen (secondary N) is 1. The first-order valence-electron chi connectivity index (χ1n) is 7.12. The largest absolute Gasteiger partial charge is 0.495 e. The summed E-state index contributed by atoms with van der Waals surface area (Å²) in [6.07, 6.45) is 4.13. The first-order chi connectivity index (χ1) is 9.76. The van der Waals surface area contributed by atoms with Gasteiger partial charge in [-0.15, -0.1) is 0 Å². The highest BCUT2D eigenvalue weighted by Crippen LogP contribution is 2.37. The second-order valence-corrected chi connectivity index (χ2v) is 8.80. The molecule has 1 saturated carbocycles. The second-order valence-electron chi connectivity index (χ2n) is 6.20. The Morgan fingerprint density at radius 2 is 2.05 bits per heavy atom. The molecule has 0 bridgehead atoms. The van der Waals surface area contributed by atoms with Crippen LogP contribution in [0.15, 0.2) is 27.6 Å². The second kappa shape index (κ2) is 6.26. The number of sulfonamides is 1. The van der Waals surface area contributed by atoms with E-state index < -0.39 is 10.0 Å². The zero-order valence-corrected chi connectivity index (χ0v) is 15.1. The van der Waals surface area contributed by atoms with E-state index in [1.54, 1.807) is 18.2 Å². The lowest BCUT2D eigenvalue weighted by molar-refractivity contribution is 0.188. The van der Waals surface area contributed by atoms with Crippen LogP contribution in [0.4, 0.5) is 0 Å². The van der Waals surface area contributed by atoms with Crippen LogP contribution in [0, 0.1) is 5.41 Å². The molecule has 6 heteroatoms. The van der Waals surface area contributed by atoms with E-state index >= 15 is 0 Å². The SMILES string of the molecule is COc1ccc(Br)cc1S(=O)(=O)NC1CCCCC1(C)C. The summed E-state index contributed by atoms with van der Waals surface area (Å²) in [7, 11) is -2.12. The molecule has 1 atom stereocenters. The maximum Gasteiger partial charge on any atom is 0.244 e. The molecule has 0 amide bonds. The molecule has 2 rings (SSSR count). The molecule has 0 heterocycles. The van der Waals surface area contributed by atoms with Gasteiger partial charge in [-0.3, -0.25) is 0 Å². The van der Waals surface area contributed by atoms with E-state index in [2.05, 4.69) is 34.5 Å². The third-order valence-electron chi connectivity index (χ3n) is 4.22. The summed E-state index contributed by atoms with van der Waals surface area (Å²) in [6, 6.07) is 4.96. The van der Waals surface area contributed by atoms with E-state index in [1.807, 2.05) is 0 Å². The summed E-state index contributed by atoms with van der Waals surface area (Å²) < 4.78 is 34.2. The standard InChI is InChI=1S/C15H22BrNO3S/c1-15(2)9-5-4-6-14(15)17-21(18,19)13-10-11(16)7-8-12(13)20-3/h7-8,10,14,17H,4-6,9H2,1-3H3. The monoisotopic (exact) mass is 375 g/mol.